The Hall–Kier alpha value is -2.47. The van der Waals surface area contributed by atoms with Gasteiger partial charge in [-0.3, -0.25) is 0 Å². The van der Waals surface area contributed by atoms with Crippen LogP contribution in [0.25, 0.3) is 0 Å². The molecule has 2 N–H and O–H groups in total. The molecule has 0 spiro atoms. The molecule has 6 heteroatoms. The average molecular weight is 355 g/mol. The number of aryl methyl sites for hydroxylation is 2. The summed E-state index contributed by atoms with van der Waals surface area (Å²) in [7, 11) is 0. The van der Waals surface area contributed by atoms with E-state index in [1.807, 2.05) is 36.4 Å². The van der Waals surface area contributed by atoms with Gasteiger partial charge < -0.3 is 15.4 Å². The van der Waals surface area contributed by atoms with Crippen molar-refractivity contribution < 1.29 is 9.53 Å². The fourth-order valence-corrected chi connectivity index (χ4v) is 3.10. The SMILES string of the molecule is CCOC(=O)c1cc2c(nc1NC(=S)Nc1ccccc1)CCCC2. The van der Waals surface area contributed by atoms with Crippen LogP contribution in [0.2, 0.25) is 0 Å². The molecule has 5 nitrogen and oxygen atoms in total. The molecule has 0 atom stereocenters. The predicted molar refractivity (Wildman–Crippen MR) is 103 cm³/mol. The Morgan fingerprint density at radius 1 is 1.20 bits per heavy atom. The second kappa shape index (κ2) is 8.07. The van der Waals surface area contributed by atoms with Gasteiger partial charge in [-0.2, -0.15) is 0 Å². The van der Waals surface area contributed by atoms with Crippen molar-refractivity contribution >= 4 is 34.8 Å². The molecule has 0 amide bonds. The first kappa shape index (κ1) is 17.4. The van der Waals surface area contributed by atoms with E-state index in [1.54, 1.807) is 6.92 Å². The summed E-state index contributed by atoms with van der Waals surface area (Å²) >= 11 is 5.37. The zero-order chi connectivity index (χ0) is 17.6. The lowest BCUT2D eigenvalue weighted by Gasteiger charge is -2.19. The molecule has 0 saturated heterocycles. The Morgan fingerprint density at radius 3 is 2.72 bits per heavy atom. The lowest BCUT2D eigenvalue weighted by Crippen LogP contribution is -2.23. The molecule has 130 valence electrons. The van der Waals surface area contributed by atoms with Crippen molar-refractivity contribution in [3.63, 3.8) is 0 Å². The third kappa shape index (κ3) is 4.33. The fourth-order valence-electron chi connectivity index (χ4n) is 2.88. The first-order valence-corrected chi connectivity index (χ1v) is 8.91. The summed E-state index contributed by atoms with van der Waals surface area (Å²) in [6, 6.07) is 11.5. The van der Waals surface area contributed by atoms with Crippen molar-refractivity contribution in [2.24, 2.45) is 0 Å². The Bertz CT molecular complexity index is 778. The number of nitrogens with one attached hydrogen (secondary N) is 2. The minimum absolute atomic E-state index is 0.321. The summed E-state index contributed by atoms with van der Waals surface area (Å²) in [5, 5.41) is 6.54. The van der Waals surface area contributed by atoms with Crippen molar-refractivity contribution in [3.05, 3.63) is 53.2 Å². The van der Waals surface area contributed by atoms with Crippen LogP contribution in [0.4, 0.5) is 11.5 Å². The third-order valence-corrected chi connectivity index (χ3v) is 4.26. The number of thiocarbonyl (C=S) groups is 1. The molecule has 1 aromatic carbocycles. The molecule has 0 radical (unpaired) electrons. The highest BCUT2D eigenvalue weighted by molar-refractivity contribution is 7.80. The van der Waals surface area contributed by atoms with Gasteiger partial charge in [0.2, 0.25) is 0 Å². The number of esters is 1. The third-order valence-electron chi connectivity index (χ3n) is 4.06. The van der Waals surface area contributed by atoms with Crippen LogP contribution in [0.3, 0.4) is 0 Å². The molecule has 0 unspecified atom stereocenters. The first-order chi connectivity index (χ1) is 12.2. The Labute approximate surface area is 152 Å². The van der Waals surface area contributed by atoms with E-state index in [0.717, 1.165) is 42.6 Å². The molecular weight excluding hydrogens is 334 g/mol. The van der Waals surface area contributed by atoms with Crippen molar-refractivity contribution in [2.45, 2.75) is 32.6 Å². The van der Waals surface area contributed by atoms with E-state index in [9.17, 15) is 4.79 Å². The van der Waals surface area contributed by atoms with E-state index >= 15 is 0 Å². The van der Waals surface area contributed by atoms with Gasteiger partial charge in [0.1, 0.15) is 11.4 Å². The Kier molecular flexibility index (Phi) is 5.60. The van der Waals surface area contributed by atoms with Gasteiger partial charge in [0, 0.05) is 11.4 Å². The van der Waals surface area contributed by atoms with Crippen molar-refractivity contribution in [1.29, 1.82) is 0 Å². The molecule has 3 rings (SSSR count). The van der Waals surface area contributed by atoms with Gasteiger partial charge in [-0.25, -0.2) is 9.78 Å². The second-order valence-electron chi connectivity index (χ2n) is 5.86. The van der Waals surface area contributed by atoms with Crippen LogP contribution in [0.15, 0.2) is 36.4 Å². The topological polar surface area (TPSA) is 63.2 Å². The Morgan fingerprint density at radius 2 is 1.96 bits per heavy atom. The number of pyridine rings is 1. The van der Waals surface area contributed by atoms with Gasteiger partial charge in [0.05, 0.1) is 6.61 Å². The molecule has 0 aliphatic heterocycles. The van der Waals surface area contributed by atoms with E-state index in [4.69, 9.17) is 17.0 Å². The molecule has 25 heavy (non-hydrogen) atoms. The molecule has 0 fully saturated rings. The van der Waals surface area contributed by atoms with E-state index < -0.39 is 0 Å². The molecule has 2 aromatic rings. The summed E-state index contributed by atoms with van der Waals surface area (Å²) in [6.07, 6.45) is 4.11. The van der Waals surface area contributed by atoms with Gasteiger partial charge in [-0.15, -0.1) is 0 Å². The number of nitrogens with zero attached hydrogens (tertiary/aromatic N) is 1. The summed E-state index contributed by atoms with van der Waals surface area (Å²) in [5.74, 6) is 0.0703. The zero-order valence-corrected chi connectivity index (χ0v) is 15.0. The standard InChI is InChI=1S/C19H21N3O2S/c1-2-24-18(23)15-12-13-8-6-7-11-16(13)21-17(15)22-19(25)20-14-9-4-3-5-10-14/h3-5,9-10,12H,2,6-8,11H2,1H3,(H2,20,21,22,25). The highest BCUT2D eigenvalue weighted by Crippen LogP contribution is 2.25. The normalized spacial score (nSPS) is 12.8. The largest absolute Gasteiger partial charge is 0.462 e. The zero-order valence-electron chi connectivity index (χ0n) is 14.2. The van der Waals surface area contributed by atoms with Crippen LogP contribution in [0, 0.1) is 0 Å². The lowest BCUT2D eigenvalue weighted by molar-refractivity contribution is 0.0527. The van der Waals surface area contributed by atoms with E-state index in [1.165, 1.54) is 0 Å². The molecule has 0 saturated carbocycles. The minimum Gasteiger partial charge on any atom is -0.462 e. The summed E-state index contributed by atoms with van der Waals surface area (Å²) < 4.78 is 5.18. The number of hydrogen-bond donors (Lipinski definition) is 2. The number of carbonyl (C=O) groups excluding carboxylic acids is 1. The first-order valence-electron chi connectivity index (χ1n) is 8.50. The Balaban J connectivity index is 1.85. The minimum atomic E-state index is -0.381. The van der Waals surface area contributed by atoms with E-state index in [0.29, 0.717) is 23.1 Å². The number of anilines is 2. The van der Waals surface area contributed by atoms with Gasteiger partial charge >= 0.3 is 5.97 Å². The van der Waals surface area contributed by atoms with Gasteiger partial charge in [0.15, 0.2) is 5.11 Å². The molecule has 0 bridgehead atoms. The highest BCUT2D eigenvalue weighted by Gasteiger charge is 2.20. The second-order valence-corrected chi connectivity index (χ2v) is 6.27. The van der Waals surface area contributed by atoms with Gasteiger partial charge in [-0.1, -0.05) is 18.2 Å². The maximum absolute atomic E-state index is 12.3. The number of hydrogen-bond acceptors (Lipinski definition) is 4. The molecule has 1 aliphatic rings. The van der Waals surface area contributed by atoms with Crippen molar-refractivity contribution in [3.8, 4) is 0 Å². The van der Waals surface area contributed by atoms with E-state index in [-0.39, 0.29) is 5.97 Å². The van der Waals surface area contributed by atoms with Gasteiger partial charge in [-0.05, 0) is 68.6 Å². The van der Waals surface area contributed by atoms with Crippen LogP contribution < -0.4 is 10.6 Å². The summed E-state index contributed by atoms with van der Waals surface area (Å²) in [5.41, 5.74) is 3.46. The number of aromatic nitrogens is 1. The smallest absolute Gasteiger partial charge is 0.341 e. The van der Waals surface area contributed by atoms with E-state index in [2.05, 4.69) is 15.6 Å². The number of para-hydroxylation sites is 1. The fraction of sp³-hybridized carbons (Fsp3) is 0.316. The summed E-state index contributed by atoms with van der Waals surface area (Å²) in [4.78, 5) is 17.0. The van der Waals surface area contributed by atoms with Crippen LogP contribution in [0.1, 0.15) is 41.4 Å². The molecular formula is C19H21N3O2S. The highest BCUT2D eigenvalue weighted by atomic mass is 32.1. The number of ether oxygens (including phenoxy) is 1. The maximum atomic E-state index is 12.3. The van der Waals surface area contributed by atoms with Gasteiger partial charge in [0.25, 0.3) is 0 Å². The molecule has 1 aromatic heterocycles. The number of fused-ring (bicyclic) bond motifs is 1. The predicted octanol–water partition coefficient (Wildman–Crippen LogP) is 3.95. The molecule has 1 aliphatic carbocycles. The van der Waals surface area contributed by atoms with Crippen LogP contribution >= 0.6 is 12.2 Å². The van der Waals surface area contributed by atoms with Crippen molar-refractivity contribution in [2.75, 3.05) is 17.2 Å². The number of carbonyl (C=O) groups is 1. The monoisotopic (exact) mass is 355 g/mol. The van der Waals surface area contributed by atoms with Crippen LogP contribution in [-0.4, -0.2) is 22.7 Å². The number of benzene rings is 1. The number of rotatable bonds is 4. The van der Waals surface area contributed by atoms with Crippen molar-refractivity contribution in [1.82, 2.24) is 4.98 Å². The summed E-state index contributed by atoms with van der Waals surface area (Å²) in [6.45, 7) is 2.11. The quantitative estimate of drug-likeness (QED) is 0.640. The average Bonchev–Trinajstić information content (AvgIpc) is 2.62. The maximum Gasteiger partial charge on any atom is 0.341 e. The molecule has 1 heterocycles. The van der Waals surface area contributed by atoms with Crippen LogP contribution in [0.5, 0.6) is 0 Å². The van der Waals surface area contributed by atoms with Crippen LogP contribution in [-0.2, 0) is 17.6 Å². The lowest BCUT2D eigenvalue weighted by atomic mass is 9.94.